The third-order valence-electron chi connectivity index (χ3n) is 13.3. The molecule has 0 fully saturated rings. The zero-order valence-electron chi connectivity index (χ0n) is 35.7. The first-order chi connectivity index (χ1) is 26.8. The number of pyridine rings is 2. The quantitative estimate of drug-likeness (QED) is 0.193. The summed E-state index contributed by atoms with van der Waals surface area (Å²) in [6.45, 7) is 27.1. The first-order valence-corrected chi connectivity index (χ1v) is 19.6. The summed E-state index contributed by atoms with van der Waals surface area (Å²) in [7, 11) is 4.15. The van der Waals surface area contributed by atoms with Gasteiger partial charge in [-0.05, 0) is 167 Å². The molecule has 288 valence electrons. The van der Waals surface area contributed by atoms with Gasteiger partial charge in [0.05, 0.1) is 44.9 Å². The third kappa shape index (κ3) is 5.87. The van der Waals surface area contributed by atoms with Gasteiger partial charge in [-0.1, -0.05) is 12.7 Å². The van der Waals surface area contributed by atoms with E-state index in [0.717, 1.165) is 84.6 Å². The van der Waals surface area contributed by atoms with Crippen LogP contribution >= 0.6 is 0 Å². The molecule has 1 atom stereocenters. The van der Waals surface area contributed by atoms with E-state index in [9.17, 15) is 15.6 Å². The van der Waals surface area contributed by atoms with Crippen molar-refractivity contribution in [1.82, 2.24) is 19.1 Å². The van der Waals surface area contributed by atoms with Crippen LogP contribution in [0.2, 0.25) is 0 Å². The molecular formula is C50H52N6O. The molecule has 8 rings (SSSR count). The highest BCUT2D eigenvalue weighted by molar-refractivity contribution is 6.02. The van der Waals surface area contributed by atoms with Gasteiger partial charge in [-0.2, -0.15) is 10.5 Å². The predicted molar refractivity (Wildman–Crippen MR) is 233 cm³/mol. The molecule has 7 heteroatoms. The lowest BCUT2D eigenvalue weighted by molar-refractivity contribution is 0.0974. The molecule has 0 saturated heterocycles. The van der Waals surface area contributed by atoms with Gasteiger partial charge < -0.3 is 14.2 Å². The van der Waals surface area contributed by atoms with Crippen LogP contribution in [0.4, 0.5) is 0 Å². The van der Waals surface area contributed by atoms with Crippen molar-refractivity contribution in [3.05, 3.63) is 143 Å². The second-order valence-electron chi connectivity index (χ2n) is 16.5. The molecule has 0 amide bonds. The van der Waals surface area contributed by atoms with Crippen LogP contribution in [0.5, 0.6) is 0 Å². The van der Waals surface area contributed by atoms with Crippen molar-refractivity contribution in [3.63, 3.8) is 0 Å². The summed E-state index contributed by atoms with van der Waals surface area (Å²) in [5.41, 5.74) is 23.1. The number of hydrogen-bond acceptors (Lipinski definition) is 5. The summed E-state index contributed by atoms with van der Waals surface area (Å²) in [6.07, 6.45) is 9.77. The molecule has 0 aliphatic heterocycles. The van der Waals surface area contributed by atoms with Crippen molar-refractivity contribution in [2.24, 2.45) is 14.1 Å². The van der Waals surface area contributed by atoms with Gasteiger partial charge in [0.2, 0.25) is 0 Å². The van der Waals surface area contributed by atoms with Crippen molar-refractivity contribution in [2.45, 2.75) is 94.6 Å². The molecule has 2 aliphatic rings. The minimum Gasteiger partial charge on any atom is -0.381 e. The van der Waals surface area contributed by atoms with Crippen LogP contribution in [0.3, 0.4) is 0 Å². The molecule has 4 heterocycles. The van der Waals surface area contributed by atoms with E-state index in [4.69, 9.17) is 4.98 Å². The smallest absolute Gasteiger partial charge is 0.109 e. The van der Waals surface area contributed by atoms with E-state index in [-0.39, 0.29) is 0 Å². The van der Waals surface area contributed by atoms with E-state index in [0.29, 0.717) is 17.5 Å². The molecule has 1 unspecified atom stereocenters. The van der Waals surface area contributed by atoms with Crippen molar-refractivity contribution < 1.29 is 5.11 Å². The maximum absolute atomic E-state index is 11.9. The van der Waals surface area contributed by atoms with Gasteiger partial charge >= 0.3 is 0 Å². The highest BCUT2D eigenvalue weighted by Gasteiger charge is 2.37. The molecule has 4 aromatic heterocycles. The van der Waals surface area contributed by atoms with E-state index >= 15 is 0 Å². The van der Waals surface area contributed by atoms with E-state index in [1.807, 2.05) is 47.7 Å². The van der Waals surface area contributed by atoms with Crippen LogP contribution < -0.4 is 0 Å². The second kappa shape index (κ2) is 13.9. The summed E-state index contributed by atoms with van der Waals surface area (Å²) < 4.78 is 4.32. The Kier molecular flexibility index (Phi) is 9.54. The van der Waals surface area contributed by atoms with Crippen LogP contribution in [0.1, 0.15) is 108 Å². The van der Waals surface area contributed by atoms with Crippen LogP contribution in [0, 0.1) is 91.9 Å². The Balaban J connectivity index is 0.000000174. The minimum atomic E-state index is -1.13. The number of aryl methyl sites for hydroxylation is 6. The summed E-state index contributed by atoms with van der Waals surface area (Å²) in [4.78, 5) is 9.39. The number of aliphatic hydroxyl groups is 1. The number of fused-ring (bicyclic) bond motifs is 4. The van der Waals surface area contributed by atoms with Crippen molar-refractivity contribution in [3.8, 4) is 12.1 Å². The molecule has 1 N–H and O–H groups in total. The van der Waals surface area contributed by atoms with E-state index < -0.39 is 5.60 Å². The molecule has 0 spiro atoms. The van der Waals surface area contributed by atoms with Crippen molar-refractivity contribution in [1.29, 1.82) is 10.5 Å². The number of nitrogens with zero attached hydrogens (tertiary/aromatic N) is 6. The molecule has 2 aromatic carbocycles. The van der Waals surface area contributed by atoms with E-state index in [2.05, 4.69) is 112 Å². The van der Waals surface area contributed by atoms with Crippen LogP contribution in [0.25, 0.3) is 39.5 Å². The number of benzene rings is 2. The van der Waals surface area contributed by atoms with Gasteiger partial charge in [0, 0.05) is 61.2 Å². The Labute approximate surface area is 337 Å². The lowest BCUT2D eigenvalue weighted by atomic mass is 9.80. The molecule has 6 aromatic rings. The maximum atomic E-state index is 11.9. The first kappa shape index (κ1) is 39.2. The monoisotopic (exact) mass is 752 g/mol. The van der Waals surface area contributed by atoms with Gasteiger partial charge in [-0.25, -0.2) is 0 Å². The third-order valence-corrected chi connectivity index (χ3v) is 13.3. The highest BCUT2D eigenvalue weighted by atomic mass is 16.3. The molecule has 57 heavy (non-hydrogen) atoms. The number of allylic oxidation sites excluding steroid dienone is 2. The topological polar surface area (TPSA) is 103 Å². The van der Waals surface area contributed by atoms with Crippen LogP contribution in [0.15, 0.2) is 42.3 Å². The minimum absolute atomic E-state index is 0.594. The summed E-state index contributed by atoms with van der Waals surface area (Å²) >= 11 is 0. The summed E-state index contributed by atoms with van der Waals surface area (Å²) in [5.74, 6) is 0. The molecule has 0 bridgehead atoms. The molecule has 7 nitrogen and oxygen atoms in total. The Morgan fingerprint density at radius 2 is 1.14 bits per heavy atom. The lowest BCUT2D eigenvalue weighted by Crippen LogP contribution is -2.26. The van der Waals surface area contributed by atoms with Gasteiger partial charge in [-0.15, -0.1) is 0 Å². The zero-order chi connectivity index (χ0) is 41.6. The van der Waals surface area contributed by atoms with Gasteiger partial charge in [0.25, 0.3) is 0 Å². The van der Waals surface area contributed by atoms with Gasteiger partial charge in [-0.3, -0.25) is 9.97 Å². The van der Waals surface area contributed by atoms with Crippen molar-refractivity contribution >= 4 is 39.5 Å². The zero-order valence-corrected chi connectivity index (χ0v) is 35.7. The fraction of sp³-hybridized carbons (Fsp3) is 0.320. The molecular weight excluding hydrogens is 701 g/mol. The van der Waals surface area contributed by atoms with E-state index in [1.54, 1.807) is 0 Å². The van der Waals surface area contributed by atoms with Crippen molar-refractivity contribution in [2.75, 3.05) is 0 Å². The van der Waals surface area contributed by atoms with Crippen LogP contribution in [-0.4, -0.2) is 24.2 Å². The maximum Gasteiger partial charge on any atom is 0.109 e. The normalized spacial score (nSPS) is 14.0. The summed E-state index contributed by atoms with van der Waals surface area (Å²) in [5, 5.41) is 33.2. The first-order valence-electron chi connectivity index (χ1n) is 19.6. The standard InChI is InChI=1S/C25H27N3O.C25H25N3/c1-13-14(2)23(19-8-9-28(7)24(19)15(13)3)25(6,29)18-10-20-16(4)21(12-26)17(5)27-22(20)11-18;1-13-14(2)24(20-8-9-28(7)25(20)15(13)3)16(4)19-10-21-17(5)22(12-26)18(6)27-23(21)11-19/h8-10,29H,11H2,1-7H3;8-10H,4,11H2,1-3,5-7H3. The van der Waals surface area contributed by atoms with Crippen LogP contribution in [-0.2, 0) is 32.5 Å². The SMILES string of the molecule is C=C(C1=Cc2c(nc(C)c(C#N)c2C)C1)c1c(C)c(C)c(C)c2c1ccn2C.Cc1nc2c(c(C)c1C#N)C=C(C(C)(O)c1c(C)c(C)c(C)c3c1ccn3C)C2. The Hall–Kier alpha value is -6.02. The summed E-state index contributed by atoms with van der Waals surface area (Å²) in [6, 6.07) is 8.87. The predicted octanol–water partition coefficient (Wildman–Crippen LogP) is 10.5. The average Bonchev–Trinajstić information content (AvgIpc) is 3.96. The van der Waals surface area contributed by atoms with Gasteiger partial charge in [0.1, 0.15) is 17.7 Å². The van der Waals surface area contributed by atoms with Gasteiger partial charge in [0.15, 0.2) is 0 Å². The number of hydrogen-bond donors (Lipinski definition) is 1. The molecule has 2 aliphatic carbocycles. The largest absolute Gasteiger partial charge is 0.381 e. The molecule has 0 radical (unpaired) electrons. The number of rotatable bonds is 4. The Morgan fingerprint density at radius 1 is 0.667 bits per heavy atom. The highest BCUT2D eigenvalue weighted by Crippen LogP contribution is 2.45. The van der Waals surface area contributed by atoms with E-state index in [1.165, 1.54) is 49.9 Å². The second-order valence-corrected chi connectivity index (χ2v) is 16.5. The Morgan fingerprint density at radius 3 is 1.68 bits per heavy atom. The number of aromatic nitrogens is 4. The molecule has 0 saturated carbocycles. The number of nitriles is 2. The lowest BCUT2D eigenvalue weighted by Gasteiger charge is -2.30. The average molecular weight is 753 g/mol. The Bertz CT molecular complexity index is 2930. The fourth-order valence-corrected chi connectivity index (χ4v) is 9.61. The fourth-order valence-electron chi connectivity index (χ4n) is 9.61.